The van der Waals surface area contributed by atoms with Gasteiger partial charge in [0, 0.05) is 23.7 Å². The van der Waals surface area contributed by atoms with Gasteiger partial charge in [-0.05, 0) is 12.2 Å². The average Bonchev–Trinajstić information content (AvgIpc) is 2.99. The quantitative estimate of drug-likeness (QED) is 0.483. The summed E-state index contributed by atoms with van der Waals surface area (Å²) in [5.74, 6) is -0.814. The fraction of sp³-hybridized carbons (Fsp3) is 0. The van der Waals surface area contributed by atoms with Crippen LogP contribution in [0.3, 0.4) is 0 Å². The molecule has 23 heavy (non-hydrogen) atoms. The molecule has 0 spiro atoms. The van der Waals surface area contributed by atoms with Crippen molar-refractivity contribution in [2.75, 3.05) is 5.32 Å². The van der Waals surface area contributed by atoms with Crippen LogP contribution in [0, 0.1) is 20.2 Å². The van der Waals surface area contributed by atoms with Gasteiger partial charge in [0.2, 0.25) is 0 Å². The Balaban J connectivity index is 2.19. The van der Waals surface area contributed by atoms with Crippen LogP contribution in [0.5, 0.6) is 0 Å². The summed E-state index contributed by atoms with van der Waals surface area (Å²) in [7, 11) is 0. The lowest BCUT2D eigenvalue weighted by atomic mass is 10.1. The Bertz CT molecular complexity index is 760. The molecular weight excluding hydrogens is 346 g/mol. The van der Waals surface area contributed by atoms with Gasteiger partial charge < -0.3 is 5.32 Å². The Kier molecular flexibility index (Phi) is 4.88. The van der Waals surface area contributed by atoms with Gasteiger partial charge in [-0.15, -0.1) is 11.3 Å². The Morgan fingerprint density at radius 1 is 1.17 bits per heavy atom. The highest BCUT2D eigenvalue weighted by molar-refractivity contribution is 7.80. The second kappa shape index (κ2) is 6.85. The molecule has 2 rings (SSSR count). The zero-order valence-electron chi connectivity index (χ0n) is 11.1. The summed E-state index contributed by atoms with van der Waals surface area (Å²) in [6.07, 6.45) is 1.53. The van der Waals surface area contributed by atoms with Crippen molar-refractivity contribution in [1.29, 1.82) is 0 Å². The summed E-state index contributed by atoms with van der Waals surface area (Å²) < 4.78 is 0. The number of non-ortho nitro benzene ring substituents is 2. The molecule has 0 aliphatic rings. The van der Waals surface area contributed by atoms with E-state index in [-0.39, 0.29) is 10.7 Å². The molecule has 0 aliphatic carbocycles. The molecule has 0 saturated carbocycles. The van der Waals surface area contributed by atoms with E-state index in [1.165, 1.54) is 17.5 Å². The average molecular weight is 353 g/mol. The largest absolute Gasteiger partial charge is 0.308 e. The number of carbonyl (C=O) groups excluding carboxylic acids is 1. The maximum absolute atomic E-state index is 12.0. The number of rotatable bonds is 4. The molecule has 10 nitrogen and oxygen atoms in total. The number of nitro groups is 2. The van der Waals surface area contributed by atoms with Gasteiger partial charge in [0.05, 0.1) is 21.5 Å². The molecule has 0 saturated heterocycles. The molecule has 12 heteroatoms. The van der Waals surface area contributed by atoms with Crippen molar-refractivity contribution in [1.82, 2.24) is 10.3 Å². The second-order valence-corrected chi connectivity index (χ2v) is 5.30. The smallest absolute Gasteiger partial charge is 0.277 e. The van der Waals surface area contributed by atoms with Gasteiger partial charge in [-0.3, -0.25) is 30.3 Å². The third kappa shape index (κ3) is 4.24. The minimum absolute atomic E-state index is 0.0842. The maximum Gasteiger partial charge on any atom is 0.277 e. The van der Waals surface area contributed by atoms with Gasteiger partial charge in [0.15, 0.2) is 10.2 Å². The number of nitro benzene ring substituents is 2. The highest BCUT2D eigenvalue weighted by atomic mass is 32.1. The SMILES string of the molecule is O=C(NC(=S)Nc1nccs1)c1cc([N+](=O)[O-])cc([N+](=O)[O-])c1. The molecule has 118 valence electrons. The molecular formula is C11H7N5O5S2. The first-order valence-corrected chi connectivity index (χ1v) is 7.11. The summed E-state index contributed by atoms with van der Waals surface area (Å²) in [4.78, 5) is 35.9. The molecule has 0 atom stereocenters. The van der Waals surface area contributed by atoms with E-state index in [1.54, 1.807) is 5.38 Å². The number of aromatic nitrogens is 1. The summed E-state index contributed by atoms with van der Waals surface area (Å²) in [6.45, 7) is 0. The number of benzene rings is 1. The van der Waals surface area contributed by atoms with Crippen LogP contribution < -0.4 is 10.6 Å². The van der Waals surface area contributed by atoms with Crippen LogP contribution in [-0.2, 0) is 0 Å². The van der Waals surface area contributed by atoms with Gasteiger partial charge >= 0.3 is 0 Å². The van der Waals surface area contributed by atoms with E-state index in [4.69, 9.17) is 12.2 Å². The molecule has 1 amide bonds. The molecule has 0 aliphatic heterocycles. The van der Waals surface area contributed by atoms with Crippen LogP contribution in [0.4, 0.5) is 16.5 Å². The van der Waals surface area contributed by atoms with E-state index in [2.05, 4.69) is 15.6 Å². The molecule has 0 radical (unpaired) electrons. The number of nitrogens with zero attached hydrogens (tertiary/aromatic N) is 3. The van der Waals surface area contributed by atoms with Crippen LogP contribution in [0.2, 0.25) is 0 Å². The first-order chi connectivity index (χ1) is 10.9. The zero-order valence-corrected chi connectivity index (χ0v) is 12.7. The van der Waals surface area contributed by atoms with Crippen LogP contribution in [0.15, 0.2) is 29.8 Å². The number of hydrogen-bond acceptors (Lipinski definition) is 8. The molecule has 1 aromatic heterocycles. The summed E-state index contributed by atoms with van der Waals surface area (Å²) >= 11 is 6.15. The number of thiazole rings is 1. The maximum atomic E-state index is 12.0. The summed E-state index contributed by atoms with van der Waals surface area (Å²) in [5, 5.41) is 28.5. The van der Waals surface area contributed by atoms with Crippen LogP contribution in [-0.4, -0.2) is 25.9 Å². The number of anilines is 1. The van der Waals surface area contributed by atoms with Crippen molar-refractivity contribution in [3.8, 4) is 0 Å². The normalized spacial score (nSPS) is 9.91. The first-order valence-electron chi connectivity index (χ1n) is 5.82. The fourth-order valence-electron chi connectivity index (χ4n) is 1.53. The molecule has 0 bridgehead atoms. The van der Waals surface area contributed by atoms with E-state index in [1.807, 2.05) is 0 Å². The number of hydrogen-bond donors (Lipinski definition) is 2. The number of nitrogens with one attached hydrogen (secondary N) is 2. The highest BCUT2D eigenvalue weighted by Crippen LogP contribution is 2.22. The lowest BCUT2D eigenvalue weighted by Gasteiger charge is -2.07. The summed E-state index contributed by atoms with van der Waals surface area (Å²) in [5.41, 5.74) is -1.39. The highest BCUT2D eigenvalue weighted by Gasteiger charge is 2.20. The van der Waals surface area contributed by atoms with Gasteiger partial charge in [-0.2, -0.15) is 0 Å². The van der Waals surface area contributed by atoms with E-state index in [9.17, 15) is 25.0 Å². The minimum Gasteiger partial charge on any atom is -0.308 e. The van der Waals surface area contributed by atoms with Gasteiger partial charge in [0.25, 0.3) is 17.3 Å². The molecule has 2 aromatic rings. The summed E-state index contributed by atoms with van der Waals surface area (Å²) in [6, 6.07) is 2.62. The third-order valence-electron chi connectivity index (χ3n) is 2.47. The van der Waals surface area contributed by atoms with Crippen LogP contribution in [0.25, 0.3) is 0 Å². The fourth-order valence-corrected chi connectivity index (χ4v) is 2.31. The van der Waals surface area contributed by atoms with Crippen molar-refractivity contribution in [2.45, 2.75) is 0 Å². The van der Waals surface area contributed by atoms with Gasteiger partial charge in [-0.1, -0.05) is 0 Å². The lowest BCUT2D eigenvalue weighted by molar-refractivity contribution is -0.394. The van der Waals surface area contributed by atoms with E-state index in [0.717, 1.165) is 18.2 Å². The third-order valence-corrected chi connectivity index (χ3v) is 3.36. The second-order valence-electron chi connectivity index (χ2n) is 4.00. The number of amides is 1. The topological polar surface area (TPSA) is 140 Å². The molecule has 1 aromatic carbocycles. The van der Waals surface area contributed by atoms with Crippen LogP contribution in [0.1, 0.15) is 10.4 Å². The van der Waals surface area contributed by atoms with Crippen LogP contribution >= 0.6 is 23.6 Å². The first kappa shape index (κ1) is 16.4. The standard InChI is InChI=1S/C11H7N5O5S2/c17-9(13-10(22)14-11-12-1-2-23-11)6-3-7(15(18)19)5-8(4-6)16(20)21/h1-5H,(H2,12,13,14,17,22). The predicted molar refractivity (Wildman–Crippen MR) is 85.6 cm³/mol. The van der Waals surface area contributed by atoms with Crippen molar-refractivity contribution >= 4 is 51.1 Å². The monoisotopic (exact) mass is 353 g/mol. The van der Waals surface area contributed by atoms with E-state index >= 15 is 0 Å². The Morgan fingerprint density at radius 2 is 1.78 bits per heavy atom. The van der Waals surface area contributed by atoms with Crippen molar-refractivity contribution in [3.63, 3.8) is 0 Å². The van der Waals surface area contributed by atoms with Crippen molar-refractivity contribution in [2.24, 2.45) is 0 Å². The number of thiocarbonyl (C=S) groups is 1. The van der Waals surface area contributed by atoms with E-state index < -0.39 is 27.1 Å². The minimum atomic E-state index is -0.823. The molecule has 0 unspecified atom stereocenters. The Morgan fingerprint density at radius 3 is 2.26 bits per heavy atom. The molecule has 2 N–H and O–H groups in total. The number of carbonyl (C=O) groups is 1. The molecule has 0 fully saturated rings. The van der Waals surface area contributed by atoms with Crippen molar-refractivity contribution < 1.29 is 14.6 Å². The Labute approximate surface area is 137 Å². The Hall–Kier alpha value is -2.99. The lowest BCUT2D eigenvalue weighted by Crippen LogP contribution is -2.34. The molecule has 1 heterocycles. The van der Waals surface area contributed by atoms with E-state index in [0.29, 0.717) is 5.13 Å². The zero-order chi connectivity index (χ0) is 17.0. The van der Waals surface area contributed by atoms with Gasteiger partial charge in [-0.25, -0.2) is 4.98 Å². The van der Waals surface area contributed by atoms with Crippen molar-refractivity contribution in [3.05, 3.63) is 55.6 Å². The van der Waals surface area contributed by atoms with Gasteiger partial charge in [0.1, 0.15) is 0 Å². The predicted octanol–water partition coefficient (Wildman–Crippen LogP) is 2.09.